The third-order valence-electron chi connectivity index (χ3n) is 5.41. The average molecular weight is 468 g/mol. The zero-order valence-corrected chi connectivity index (χ0v) is 19.8. The fourth-order valence-electron chi connectivity index (χ4n) is 3.78. The summed E-state index contributed by atoms with van der Waals surface area (Å²) in [5.74, 6) is 0.420. The van der Waals surface area contributed by atoms with Gasteiger partial charge in [-0.05, 0) is 42.3 Å². The number of morpholine rings is 1. The Balaban J connectivity index is 1.59. The van der Waals surface area contributed by atoms with E-state index in [-0.39, 0.29) is 0 Å². The van der Waals surface area contributed by atoms with E-state index in [0.29, 0.717) is 25.4 Å². The lowest BCUT2D eigenvalue weighted by atomic mass is 10.1. The van der Waals surface area contributed by atoms with Crippen molar-refractivity contribution in [2.75, 3.05) is 49.8 Å². The molecule has 4 rings (SSSR count). The predicted octanol–water partition coefficient (Wildman–Crippen LogP) is 4.37. The molecule has 2 aromatic carbocycles. The number of esters is 1. The van der Waals surface area contributed by atoms with E-state index in [1.165, 1.54) is 22.6 Å². The van der Waals surface area contributed by atoms with Crippen molar-refractivity contribution in [2.24, 2.45) is 0 Å². The van der Waals surface area contributed by atoms with Gasteiger partial charge in [0, 0.05) is 37.2 Å². The summed E-state index contributed by atoms with van der Waals surface area (Å²) in [5.41, 5.74) is 3.82. The molecule has 33 heavy (non-hydrogen) atoms. The third-order valence-corrected chi connectivity index (χ3v) is 6.32. The van der Waals surface area contributed by atoms with Crippen LogP contribution in [0.3, 0.4) is 0 Å². The topological polar surface area (TPSA) is 64.1 Å². The molecule has 8 heteroatoms. The first-order valence-electron chi connectivity index (χ1n) is 11.1. The van der Waals surface area contributed by atoms with Gasteiger partial charge in [0.2, 0.25) is 0 Å². The predicted molar refractivity (Wildman–Crippen MR) is 130 cm³/mol. The fourth-order valence-corrected chi connectivity index (χ4v) is 4.58. The van der Waals surface area contributed by atoms with Gasteiger partial charge in [0.25, 0.3) is 0 Å². The van der Waals surface area contributed by atoms with E-state index in [1.807, 2.05) is 18.2 Å². The molecule has 174 valence electrons. The van der Waals surface area contributed by atoms with Crippen LogP contribution in [0.5, 0.6) is 5.75 Å². The number of hydrogen-bond donors (Lipinski definition) is 0. The van der Waals surface area contributed by atoms with Gasteiger partial charge in [-0.15, -0.1) is 11.3 Å². The van der Waals surface area contributed by atoms with Crippen LogP contribution in [0.15, 0.2) is 53.9 Å². The molecule has 3 aromatic rings. The van der Waals surface area contributed by atoms with Crippen LogP contribution in [0, 0.1) is 0 Å². The SMILES string of the molecule is CCOC(=O)c1csc(N(Cc2cccc(OC)c2)Cc2cccc(N3CCOCC3)c2)n1. The van der Waals surface area contributed by atoms with Crippen molar-refractivity contribution in [3.8, 4) is 5.75 Å². The van der Waals surface area contributed by atoms with Crippen LogP contribution in [0.4, 0.5) is 10.8 Å². The van der Waals surface area contributed by atoms with Crippen molar-refractivity contribution < 1.29 is 19.0 Å². The molecule has 1 fully saturated rings. The molecule has 0 amide bonds. The van der Waals surface area contributed by atoms with Gasteiger partial charge in [-0.3, -0.25) is 0 Å². The molecule has 0 atom stereocenters. The first-order chi connectivity index (χ1) is 16.2. The van der Waals surface area contributed by atoms with E-state index in [9.17, 15) is 4.79 Å². The van der Waals surface area contributed by atoms with Crippen LogP contribution in [-0.2, 0) is 22.6 Å². The Kier molecular flexibility index (Phi) is 7.80. The van der Waals surface area contributed by atoms with Crippen LogP contribution >= 0.6 is 11.3 Å². The van der Waals surface area contributed by atoms with Gasteiger partial charge in [0.1, 0.15) is 5.75 Å². The molecule has 7 nitrogen and oxygen atoms in total. The van der Waals surface area contributed by atoms with Crippen molar-refractivity contribution >= 4 is 28.1 Å². The van der Waals surface area contributed by atoms with Gasteiger partial charge in [-0.1, -0.05) is 24.3 Å². The second kappa shape index (κ2) is 11.2. The summed E-state index contributed by atoms with van der Waals surface area (Å²) in [5, 5.41) is 2.54. The Morgan fingerprint density at radius 2 is 1.85 bits per heavy atom. The van der Waals surface area contributed by atoms with Crippen LogP contribution in [0.25, 0.3) is 0 Å². The quantitative estimate of drug-likeness (QED) is 0.433. The van der Waals surface area contributed by atoms with E-state index in [0.717, 1.165) is 42.7 Å². The smallest absolute Gasteiger partial charge is 0.357 e. The molecular weight excluding hydrogens is 438 g/mol. The summed E-state index contributed by atoms with van der Waals surface area (Å²) < 4.78 is 16.0. The van der Waals surface area contributed by atoms with Gasteiger partial charge in [0.15, 0.2) is 10.8 Å². The molecule has 0 saturated carbocycles. The second-order valence-corrected chi connectivity index (χ2v) is 8.55. The summed E-state index contributed by atoms with van der Waals surface area (Å²) >= 11 is 1.45. The normalized spacial score (nSPS) is 13.6. The summed E-state index contributed by atoms with van der Waals surface area (Å²) in [4.78, 5) is 21.3. The third kappa shape index (κ3) is 6.03. The van der Waals surface area contributed by atoms with Gasteiger partial charge in [-0.2, -0.15) is 0 Å². The fraction of sp³-hybridized carbons (Fsp3) is 0.360. The highest BCUT2D eigenvalue weighted by atomic mass is 32.1. The molecule has 1 aliphatic rings. The maximum atomic E-state index is 12.2. The highest BCUT2D eigenvalue weighted by Crippen LogP contribution is 2.27. The number of rotatable bonds is 9. The molecule has 0 unspecified atom stereocenters. The van der Waals surface area contributed by atoms with E-state index in [4.69, 9.17) is 14.2 Å². The number of benzene rings is 2. The summed E-state index contributed by atoms with van der Waals surface area (Å²) in [6, 6.07) is 16.6. The van der Waals surface area contributed by atoms with Crippen molar-refractivity contribution in [3.05, 3.63) is 70.7 Å². The Bertz CT molecular complexity index is 1070. The van der Waals surface area contributed by atoms with Crippen LogP contribution in [0.1, 0.15) is 28.5 Å². The summed E-state index contributed by atoms with van der Waals surface area (Å²) in [6.45, 7) is 6.71. The monoisotopic (exact) mass is 467 g/mol. The zero-order chi connectivity index (χ0) is 23.0. The molecule has 1 saturated heterocycles. The van der Waals surface area contributed by atoms with E-state index in [1.54, 1.807) is 19.4 Å². The highest BCUT2D eigenvalue weighted by Gasteiger charge is 2.18. The number of carbonyl (C=O) groups excluding carboxylic acids is 1. The maximum absolute atomic E-state index is 12.2. The number of ether oxygens (including phenoxy) is 3. The largest absolute Gasteiger partial charge is 0.497 e. The molecule has 0 N–H and O–H groups in total. The molecule has 0 aliphatic carbocycles. The molecule has 1 aliphatic heterocycles. The van der Waals surface area contributed by atoms with Gasteiger partial charge >= 0.3 is 5.97 Å². The lowest BCUT2D eigenvalue weighted by Gasteiger charge is -2.29. The van der Waals surface area contributed by atoms with E-state index < -0.39 is 5.97 Å². The number of methoxy groups -OCH3 is 1. The first kappa shape index (κ1) is 23.1. The Hall–Kier alpha value is -3.10. The number of aromatic nitrogens is 1. The minimum Gasteiger partial charge on any atom is -0.497 e. The summed E-state index contributed by atoms with van der Waals surface area (Å²) in [7, 11) is 1.67. The molecular formula is C25H29N3O4S. The minimum absolute atomic E-state index is 0.327. The number of anilines is 2. The maximum Gasteiger partial charge on any atom is 0.357 e. The van der Waals surface area contributed by atoms with Crippen molar-refractivity contribution in [2.45, 2.75) is 20.0 Å². The Labute approximate surface area is 198 Å². The lowest BCUT2D eigenvalue weighted by molar-refractivity contribution is 0.0520. The van der Waals surface area contributed by atoms with Gasteiger partial charge in [0.05, 0.1) is 26.9 Å². The first-order valence-corrected chi connectivity index (χ1v) is 12.0. The standard InChI is InChI=1S/C25H29N3O4S/c1-3-32-24(29)23-18-33-25(26-23)28(17-20-7-5-9-22(15-20)30-2)16-19-6-4-8-21(14-19)27-10-12-31-13-11-27/h4-9,14-15,18H,3,10-13,16-17H2,1-2H3. The van der Waals surface area contributed by atoms with E-state index in [2.05, 4.69) is 45.1 Å². The number of thiazole rings is 1. The summed E-state index contributed by atoms with van der Waals surface area (Å²) in [6.07, 6.45) is 0. The van der Waals surface area contributed by atoms with Crippen molar-refractivity contribution in [3.63, 3.8) is 0 Å². The Morgan fingerprint density at radius 1 is 1.12 bits per heavy atom. The van der Waals surface area contributed by atoms with E-state index >= 15 is 0 Å². The highest BCUT2D eigenvalue weighted by molar-refractivity contribution is 7.13. The van der Waals surface area contributed by atoms with Crippen LogP contribution in [-0.4, -0.2) is 51.0 Å². The molecule has 1 aromatic heterocycles. The molecule has 2 heterocycles. The minimum atomic E-state index is -0.393. The second-order valence-electron chi connectivity index (χ2n) is 7.71. The Morgan fingerprint density at radius 3 is 2.58 bits per heavy atom. The van der Waals surface area contributed by atoms with Crippen LogP contribution in [0.2, 0.25) is 0 Å². The zero-order valence-electron chi connectivity index (χ0n) is 19.0. The molecule has 0 radical (unpaired) electrons. The number of carbonyl (C=O) groups is 1. The number of hydrogen-bond acceptors (Lipinski definition) is 8. The molecule has 0 bridgehead atoms. The van der Waals surface area contributed by atoms with Gasteiger partial charge in [-0.25, -0.2) is 9.78 Å². The van der Waals surface area contributed by atoms with Crippen molar-refractivity contribution in [1.82, 2.24) is 4.98 Å². The lowest BCUT2D eigenvalue weighted by Crippen LogP contribution is -2.36. The van der Waals surface area contributed by atoms with Crippen LogP contribution < -0.4 is 14.5 Å². The number of nitrogens with zero attached hydrogens (tertiary/aromatic N) is 3. The average Bonchev–Trinajstić information content (AvgIpc) is 3.35. The van der Waals surface area contributed by atoms with Gasteiger partial charge < -0.3 is 24.0 Å². The molecule has 0 spiro atoms. The van der Waals surface area contributed by atoms with Crippen molar-refractivity contribution in [1.29, 1.82) is 0 Å².